The molecular formula is C9H15F3O. The molecule has 0 aliphatic rings. The van der Waals surface area contributed by atoms with E-state index >= 15 is 0 Å². The minimum atomic E-state index is -4.35. The maximum absolute atomic E-state index is 11.7. The molecule has 4 heteroatoms. The predicted molar refractivity (Wildman–Crippen MR) is 45.3 cm³/mol. The minimum absolute atomic E-state index is 0.0788. The second kappa shape index (κ2) is 4.13. The van der Waals surface area contributed by atoms with E-state index in [1.807, 2.05) is 13.8 Å². The Morgan fingerprint density at radius 3 is 2.00 bits per heavy atom. The highest BCUT2D eigenvalue weighted by molar-refractivity contribution is 5.01. The third kappa shape index (κ3) is 7.84. The molecule has 0 amide bonds. The van der Waals surface area contributed by atoms with Gasteiger partial charge in [-0.1, -0.05) is 13.8 Å². The van der Waals surface area contributed by atoms with Gasteiger partial charge in [-0.15, -0.1) is 0 Å². The Kier molecular flexibility index (Phi) is 3.97. The van der Waals surface area contributed by atoms with Gasteiger partial charge in [0.2, 0.25) is 0 Å². The van der Waals surface area contributed by atoms with Gasteiger partial charge in [-0.25, -0.2) is 0 Å². The first kappa shape index (κ1) is 12.5. The summed E-state index contributed by atoms with van der Waals surface area (Å²) in [5.41, 5.74) is -1.37. The average Bonchev–Trinajstić information content (AvgIpc) is 1.79. The van der Waals surface area contributed by atoms with Crippen molar-refractivity contribution in [3.05, 3.63) is 12.2 Å². The number of hydrogen-bond donors (Lipinski definition) is 1. The van der Waals surface area contributed by atoms with E-state index in [2.05, 4.69) is 0 Å². The van der Waals surface area contributed by atoms with E-state index in [-0.39, 0.29) is 12.0 Å². The van der Waals surface area contributed by atoms with Crippen molar-refractivity contribution in [3.8, 4) is 0 Å². The Balaban J connectivity index is 4.24. The van der Waals surface area contributed by atoms with Gasteiger partial charge in [0.15, 0.2) is 0 Å². The van der Waals surface area contributed by atoms with E-state index in [0.29, 0.717) is 6.42 Å². The van der Waals surface area contributed by atoms with E-state index in [1.54, 1.807) is 0 Å². The van der Waals surface area contributed by atoms with Gasteiger partial charge in [-0.2, -0.15) is 13.2 Å². The maximum atomic E-state index is 11.7. The number of rotatable bonds is 3. The molecule has 1 N–H and O–H groups in total. The van der Waals surface area contributed by atoms with Gasteiger partial charge in [0, 0.05) is 6.08 Å². The van der Waals surface area contributed by atoms with Crippen molar-refractivity contribution in [3.63, 3.8) is 0 Å². The van der Waals surface area contributed by atoms with Crippen molar-refractivity contribution < 1.29 is 18.3 Å². The van der Waals surface area contributed by atoms with Crippen LogP contribution in [0.5, 0.6) is 0 Å². The molecule has 0 heterocycles. The molecule has 0 radical (unpaired) electrons. The zero-order valence-corrected chi connectivity index (χ0v) is 8.02. The first-order chi connectivity index (χ1) is 5.62. The summed E-state index contributed by atoms with van der Waals surface area (Å²) in [5, 5.41) is 9.46. The quantitative estimate of drug-likeness (QED) is 0.688. The molecule has 1 unspecified atom stereocenters. The molecule has 0 spiro atoms. The number of halogens is 3. The molecule has 0 aliphatic carbocycles. The van der Waals surface area contributed by atoms with Crippen molar-refractivity contribution in [1.82, 2.24) is 0 Å². The summed E-state index contributed by atoms with van der Waals surface area (Å²) in [6, 6.07) is 0. The smallest absolute Gasteiger partial charge is 0.386 e. The predicted octanol–water partition coefficient (Wildman–Crippen LogP) is 2.90. The second-order valence-electron chi connectivity index (χ2n) is 3.83. The average molecular weight is 196 g/mol. The van der Waals surface area contributed by atoms with Crippen LogP contribution in [-0.2, 0) is 0 Å². The zero-order chi connectivity index (χ0) is 10.7. The highest BCUT2D eigenvalue weighted by Gasteiger charge is 2.26. The molecule has 0 fully saturated rings. The molecule has 0 saturated heterocycles. The first-order valence-electron chi connectivity index (χ1n) is 4.12. The van der Waals surface area contributed by atoms with Crippen molar-refractivity contribution in [2.24, 2.45) is 5.92 Å². The summed E-state index contributed by atoms with van der Waals surface area (Å²) in [6.07, 6.45) is -3.15. The van der Waals surface area contributed by atoms with Gasteiger partial charge >= 0.3 is 6.18 Å². The molecule has 0 saturated carbocycles. The van der Waals surface area contributed by atoms with Crippen LogP contribution in [0.1, 0.15) is 27.2 Å². The van der Waals surface area contributed by atoms with Crippen molar-refractivity contribution in [2.45, 2.75) is 39.0 Å². The normalized spacial score (nSPS) is 18.2. The second-order valence-corrected chi connectivity index (χ2v) is 3.83. The van der Waals surface area contributed by atoms with Gasteiger partial charge in [-0.05, 0) is 25.3 Å². The van der Waals surface area contributed by atoms with Gasteiger partial charge in [0.25, 0.3) is 0 Å². The fourth-order valence-electron chi connectivity index (χ4n) is 1.17. The van der Waals surface area contributed by atoms with Crippen LogP contribution in [0, 0.1) is 5.92 Å². The molecule has 0 aliphatic heterocycles. The molecule has 78 valence electrons. The lowest BCUT2D eigenvalue weighted by Gasteiger charge is -2.21. The number of hydrogen-bond acceptors (Lipinski definition) is 1. The molecule has 1 nitrogen and oxygen atoms in total. The van der Waals surface area contributed by atoms with Crippen molar-refractivity contribution >= 4 is 0 Å². The fraction of sp³-hybridized carbons (Fsp3) is 0.778. The summed E-state index contributed by atoms with van der Waals surface area (Å²) in [5.74, 6) is 0.160. The van der Waals surface area contributed by atoms with Crippen molar-refractivity contribution in [2.75, 3.05) is 0 Å². The minimum Gasteiger partial charge on any atom is -0.386 e. The molecule has 0 aromatic carbocycles. The topological polar surface area (TPSA) is 20.2 Å². The first-order valence-corrected chi connectivity index (χ1v) is 4.12. The largest absolute Gasteiger partial charge is 0.409 e. The summed E-state index contributed by atoms with van der Waals surface area (Å²) in [6.45, 7) is 5.06. The van der Waals surface area contributed by atoms with Gasteiger partial charge in [-0.3, -0.25) is 0 Å². The van der Waals surface area contributed by atoms with Crippen LogP contribution in [0.2, 0.25) is 0 Å². The summed E-state index contributed by atoms with van der Waals surface area (Å²) < 4.78 is 35.2. The monoisotopic (exact) mass is 196 g/mol. The molecule has 0 bridgehead atoms. The maximum Gasteiger partial charge on any atom is 0.409 e. The standard InChI is InChI=1S/C9H15F3O/c1-7(2)6-8(3,13)4-5-9(10,11)12/h4-5,7,13H,6H2,1-3H3/b5-4+. The Morgan fingerprint density at radius 1 is 1.23 bits per heavy atom. The number of allylic oxidation sites excluding steroid dienone is 1. The van der Waals surface area contributed by atoms with Crippen molar-refractivity contribution in [1.29, 1.82) is 0 Å². The lowest BCUT2D eigenvalue weighted by Crippen LogP contribution is -2.24. The molecule has 0 aromatic heterocycles. The van der Waals surface area contributed by atoms with Crippen LogP contribution in [0.4, 0.5) is 13.2 Å². The van der Waals surface area contributed by atoms with Crippen LogP contribution in [0.25, 0.3) is 0 Å². The van der Waals surface area contributed by atoms with Gasteiger partial charge in [0.1, 0.15) is 0 Å². The van der Waals surface area contributed by atoms with Crippen LogP contribution in [-0.4, -0.2) is 16.9 Å². The highest BCUT2D eigenvalue weighted by Crippen LogP contribution is 2.22. The molecule has 13 heavy (non-hydrogen) atoms. The van der Waals surface area contributed by atoms with Crippen LogP contribution >= 0.6 is 0 Å². The van der Waals surface area contributed by atoms with E-state index in [9.17, 15) is 18.3 Å². The van der Waals surface area contributed by atoms with E-state index in [1.165, 1.54) is 6.92 Å². The lowest BCUT2D eigenvalue weighted by molar-refractivity contribution is -0.0815. The summed E-state index contributed by atoms with van der Waals surface area (Å²) in [4.78, 5) is 0. The Labute approximate surface area is 76.3 Å². The van der Waals surface area contributed by atoms with E-state index in [0.717, 1.165) is 6.08 Å². The Bertz CT molecular complexity index is 180. The molecule has 0 aromatic rings. The number of alkyl halides is 3. The summed E-state index contributed by atoms with van der Waals surface area (Å²) in [7, 11) is 0. The molecular weight excluding hydrogens is 181 g/mol. The van der Waals surface area contributed by atoms with Crippen LogP contribution in [0.3, 0.4) is 0 Å². The van der Waals surface area contributed by atoms with E-state index in [4.69, 9.17) is 0 Å². The van der Waals surface area contributed by atoms with Crippen LogP contribution in [0.15, 0.2) is 12.2 Å². The highest BCUT2D eigenvalue weighted by atomic mass is 19.4. The molecule has 1 atom stereocenters. The van der Waals surface area contributed by atoms with Gasteiger partial charge < -0.3 is 5.11 Å². The zero-order valence-electron chi connectivity index (χ0n) is 8.02. The SMILES string of the molecule is CC(C)CC(C)(O)/C=C/C(F)(F)F. The van der Waals surface area contributed by atoms with E-state index < -0.39 is 11.8 Å². The summed E-state index contributed by atoms with van der Waals surface area (Å²) >= 11 is 0. The third-order valence-corrected chi connectivity index (χ3v) is 1.45. The van der Waals surface area contributed by atoms with Gasteiger partial charge in [0.05, 0.1) is 5.60 Å². The third-order valence-electron chi connectivity index (χ3n) is 1.45. The number of aliphatic hydroxyl groups is 1. The molecule has 0 rings (SSSR count). The van der Waals surface area contributed by atoms with Crippen LogP contribution < -0.4 is 0 Å². The fourth-order valence-corrected chi connectivity index (χ4v) is 1.17. The Morgan fingerprint density at radius 2 is 1.69 bits per heavy atom. The lowest BCUT2D eigenvalue weighted by atomic mass is 9.94. The Hall–Kier alpha value is -0.510.